The van der Waals surface area contributed by atoms with Crippen LogP contribution < -0.4 is 5.32 Å². The number of benzene rings is 2. The molecule has 1 amide bonds. The summed E-state index contributed by atoms with van der Waals surface area (Å²) in [5, 5.41) is 13.0. The molecule has 2 aromatic carbocycles. The minimum Gasteiger partial charge on any atom is -0.393 e. The smallest absolute Gasteiger partial charge is 0.253 e. The number of nitrogens with one attached hydrogen (secondary N) is 1. The molecule has 2 N–H and O–H groups in total. The molecular formula is C21H25ClN2O2S. The van der Waals surface area contributed by atoms with Crippen LogP contribution in [0.4, 0.5) is 0 Å². The number of amides is 1. The highest BCUT2D eigenvalue weighted by Crippen LogP contribution is 2.23. The third kappa shape index (κ3) is 5.72. The number of carbonyl (C=O) groups is 1. The van der Waals surface area contributed by atoms with Crippen molar-refractivity contribution in [3.63, 3.8) is 0 Å². The Morgan fingerprint density at radius 3 is 2.52 bits per heavy atom. The molecule has 1 heterocycles. The molecule has 0 unspecified atom stereocenters. The lowest BCUT2D eigenvalue weighted by Crippen LogP contribution is -2.35. The van der Waals surface area contributed by atoms with Crippen LogP contribution in [0.3, 0.4) is 0 Å². The second-order valence-corrected chi connectivity index (χ2v) is 8.14. The normalized spacial score (nSPS) is 15.7. The van der Waals surface area contributed by atoms with Gasteiger partial charge in [0, 0.05) is 31.1 Å². The Hall–Kier alpha value is -1.53. The molecule has 0 bridgehead atoms. The molecule has 1 fully saturated rings. The van der Waals surface area contributed by atoms with E-state index in [4.69, 9.17) is 11.6 Å². The zero-order valence-electron chi connectivity index (χ0n) is 15.5. The molecule has 0 saturated carbocycles. The van der Waals surface area contributed by atoms with Crippen LogP contribution in [0, 0.1) is 0 Å². The summed E-state index contributed by atoms with van der Waals surface area (Å²) in [4.78, 5) is 15.8. The Kier molecular flexibility index (Phi) is 7.19. The molecule has 1 aliphatic rings. The zero-order chi connectivity index (χ0) is 19.2. The van der Waals surface area contributed by atoms with Crippen molar-refractivity contribution >= 4 is 29.3 Å². The maximum Gasteiger partial charge on any atom is 0.253 e. The summed E-state index contributed by atoms with van der Waals surface area (Å²) in [6, 6.07) is 13.8. The summed E-state index contributed by atoms with van der Waals surface area (Å²) < 4.78 is 0. The van der Waals surface area contributed by atoms with Crippen molar-refractivity contribution < 1.29 is 9.90 Å². The number of hydrogen-bond donors (Lipinski definition) is 2. The maximum atomic E-state index is 12.4. The van der Waals surface area contributed by atoms with Gasteiger partial charge >= 0.3 is 0 Å². The van der Waals surface area contributed by atoms with Crippen LogP contribution in [0.5, 0.6) is 0 Å². The Morgan fingerprint density at radius 2 is 1.85 bits per heavy atom. The Bertz CT molecular complexity index is 774. The van der Waals surface area contributed by atoms with Crippen LogP contribution in [-0.4, -0.2) is 41.4 Å². The third-order valence-electron chi connectivity index (χ3n) is 4.86. The molecule has 4 nitrogen and oxygen atoms in total. The van der Waals surface area contributed by atoms with Gasteiger partial charge in [-0.05, 0) is 48.4 Å². The summed E-state index contributed by atoms with van der Waals surface area (Å²) in [5.41, 5.74) is 2.81. The molecule has 0 radical (unpaired) electrons. The van der Waals surface area contributed by atoms with Crippen molar-refractivity contribution in [1.82, 2.24) is 10.2 Å². The van der Waals surface area contributed by atoms with E-state index in [1.165, 1.54) is 5.56 Å². The van der Waals surface area contributed by atoms with E-state index < -0.39 is 0 Å². The van der Waals surface area contributed by atoms with E-state index in [0.29, 0.717) is 17.1 Å². The number of aliphatic hydroxyl groups is 1. The lowest BCUT2D eigenvalue weighted by atomic mass is 10.1. The first-order valence-corrected chi connectivity index (χ1v) is 10.8. The van der Waals surface area contributed by atoms with Crippen molar-refractivity contribution in [3.8, 4) is 0 Å². The molecule has 1 saturated heterocycles. The van der Waals surface area contributed by atoms with Gasteiger partial charge in [0.15, 0.2) is 0 Å². The minimum absolute atomic E-state index is 0.141. The van der Waals surface area contributed by atoms with E-state index in [-0.39, 0.29) is 12.0 Å². The number of thioether (sulfide) groups is 1. The topological polar surface area (TPSA) is 52.6 Å². The van der Waals surface area contributed by atoms with Crippen molar-refractivity contribution in [2.75, 3.05) is 19.3 Å². The standard InChI is InChI=1S/C21H25ClN2O2S/c1-27-18-6-7-20(22)19(12-18)21(26)23-13-15-2-4-16(5-3-15)14-24-10-8-17(25)9-11-24/h2-7,12,17,25H,8-11,13-14H2,1H3,(H,23,26). The number of aliphatic hydroxyl groups excluding tert-OH is 1. The molecule has 0 aliphatic carbocycles. The Balaban J connectivity index is 1.53. The first-order chi connectivity index (χ1) is 13.0. The Labute approximate surface area is 169 Å². The van der Waals surface area contributed by atoms with Crippen LogP contribution in [0.15, 0.2) is 47.4 Å². The quantitative estimate of drug-likeness (QED) is 0.716. The molecular weight excluding hydrogens is 380 g/mol. The number of likely N-dealkylation sites (tertiary alicyclic amines) is 1. The van der Waals surface area contributed by atoms with E-state index >= 15 is 0 Å². The van der Waals surface area contributed by atoms with Crippen LogP contribution in [0.25, 0.3) is 0 Å². The van der Waals surface area contributed by atoms with E-state index in [9.17, 15) is 9.90 Å². The molecule has 27 heavy (non-hydrogen) atoms. The maximum absolute atomic E-state index is 12.4. The van der Waals surface area contributed by atoms with Crippen molar-refractivity contribution in [1.29, 1.82) is 0 Å². The molecule has 0 spiro atoms. The number of nitrogens with zero attached hydrogens (tertiary/aromatic N) is 1. The molecule has 1 aliphatic heterocycles. The summed E-state index contributed by atoms with van der Waals surface area (Å²) in [6.07, 6.45) is 3.53. The van der Waals surface area contributed by atoms with Gasteiger partial charge in [0.2, 0.25) is 0 Å². The molecule has 0 aromatic heterocycles. The largest absolute Gasteiger partial charge is 0.393 e. The summed E-state index contributed by atoms with van der Waals surface area (Å²) in [5.74, 6) is -0.160. The van der Waals surface area contributed by atoms with Gasteiger partial charge in [0.25, 0.3) is 5.91 Å². The number of piperidine rings is 1. The molecule has 144 valence electrons. The summed E-state index contributed by atoms with van der Waals surface area (Å²) in [6.45, 7) is 3.25. The lowest BCUT2D eigenvalue weighted by molar-refractivity contribution is 0.0792. The lowest BCUT2D eigenvalue weighted by Gasteiger charge is -2.29. The van der Waals surface area contributed by atoms with Crippen molar-refractivity contribution in [2.24, 2.45) is 0 Å². The molecule has 2 aromatic rings. The monoisotopic (exact) mass is 404 g/mol. The van der Waals surface area contributed by atoms with Crippen LogP contribution in [-0.2, 0) is 13.1 Å². The summed E-state index contributed by atoms with van der Waals surface area (Å²) in [7, 11) is 0. The van der Waals surface area contributed by atoms with Gasteiger partial charge in [-0.25, -0.2) is 0 Å². The van der Waals surface area contributed by atoms with E-state index in [1.807, 2.05) is 30.5 Å². The van der Waals surface area contributed by atoms with Crippen molar-refractivity contribution in [3.05, 3.63) is 64.2 Å². The molecule has 3 rings (SSSR count). The van der Waals surface area contributed by atoms with Crippen LogP contribution in [0.1, 0.15) is 34.3 Å². The van der Waals surface area contributed by atoms with E-state index in [0.717, 1.165) is 42.9 Å². The fourth-order valence-electron chi connectivity index (χ4n) is 3.18. The molecule has 0 atom stereocenters. The second-order valence-electron chi connectivity index (χ2n) is 6.85. The van der Waals surface area contributed by atoms with Crippen LogP contribution >= 0.6 is 23.4 Å². The van der Waals surface area contributed by atoms with Gasteiger partial charge in [0.1, 0.15) is 0 Å². The third-order valence-corrected chi connectivity index (χ3v) is 5.91. The predicted molar refractivity (Wildman–Crippen MR) is 111 cm³/mol. The van der Waals surface area contributed by atoms with E-state index in [2.05, 4.69) is 22.3 Å². The first-order valence-electron chi connectivity index (χ1n) is 9.15. The van der Waals surface area contributed by atoms with E-state index in [1.54, 1.807) is 17.8 Å². The highest BCUT2D eigenvalue weighted by Gasteiger charge is 2.17. The number of carbonyl (C=O) groups excluding carboxylic acids is 1. The molecule has 6 heteroatoms. The van der Waals surface area contributed by atoms with Gasteiger partial charge in [-0.1, -0.05) is 35.9 Å². The number of halogens is 1. The predicted octanol–water partition coefficient (Wildman–Crippen LogP) is 3.95. The average molecular weight is 405 g/mol. The highest BCUT2D eigenvalue weighted by molar-refractivity contribution is 7.98. The Morgan fingerprint density at radius 1 is 1.19 bits per heavy atom. The van der Waals surface area contributed by atoms with Gasteiger partial charge in [-0.2, -0.15) is 0 Å². The first kappa shape index (κ1) is 20.2. The fraction of sp³-hybridized carbons (Fsp3) is 0.381. The number of rotatable bonds is 6. The zero-order valence-corrected chi connectivity index (χ0v) is 17.0. The summed E-state index contributed by atoms with van der Waals surface area (Å²) >= 11 is 7.74. The van der Waals surface area contributed by atoms with Gasteiger partial charge in [-0.15, -0.1) is 11.8 Å². The SMILES string of the molecule is CSc1ccc(Cl)c(C(=O)NCc2ccc(CN3CCC(O)CC3)cc2)c1. The van der Waals surface area contributed by atoms with Crippen molar-refractivity contribution in [2.45, 2.75) is 36.9 Å². The number of hydrogen-bond acceptors (Lipinski definition) is 4. The average Bonchev–Trinajstić information content (AvgIpc) is 2.69. The van der Waals surface area contributed by atoms with Gasteiger partial charge in [-0.3, -0.25) is 9.69 Å². The second kappa shape index (κ2) is 9.60. The van der Waals surface area contributed by atoms with Gasteiger partial charge < -0.3 is 10.4 Å². The fourth-order valence-corrected chi connectivity index (χ4v) is 3.82. The highest BCUT2D eigenvalue weighted by atomic mass is 35.5. The minimum atomic E-state index is -0.160. The van der Waals surface area contributed by atoms with Crippen LogP contribution in [0.2, 0.25) is 5.02 Å². The van der Waals surface area contributed by atoms with Gasteiger partial charge in [0.05, 0.1) is 16.7 Å².